The molecule has 0 aromatic rings. The highest BCUT2D eigenvalue weighted by atomic mass is 29.6. The summed E-state index contributed by atoms with van der Waals surface area (Å²) in [4.78, 5) is 0. The van der Waals surface area contributed by atoms with Gasteiger partial charge in [-0.1, -0.05) is 47.0 Å². The molecule has 1 fully saturated rings. The van der Waals surface area contributed by atoms with E-state index < -0.39 is 22.5 Å². The van der Waals surface area contributed by atoms with Crippen molar-refractivity contribution in [3.8, 4) is 0 Å². The van der Waals surface area contributed by atoms with Crippen LogP contribution in [0.15, 0.2) is 0 Å². The minimum absolute atomic E-state index is 0.393. The van der Waals surface area contributed by atoms with Gasteiger partial charge in [0.25, 0.3) is 0 Å². The maximum Gasteiger partial charge on any atom is 0.171 e. The Morgan fingerprint density at radius 1 is 0.882 bits per heavy atom. The van der Waals surface area contributed by atoms with Crippen molar-refractivity contribution < 1.29 is 4.43 Å². The molecule has 1 aliphatic rings. The lowest BCUT2D eigenvalue weighted by Crippen LogP contribution is -2.79. The first-order valence-electron chi connectivity index (χ1n) is 6.93. The van der Waals surface area contributed by atoms with Gasteiger partial charge in [-0.15, -0.1) is 0 Å². The van der Waals surface area contributed by atoms with Crippen molar-refractivity contribution in [2.24, 2.45) is 5.41 Å². The molecule has 0 radical (unpaired) electrons. The van der Waals surface area contributed by atoms with Gasteiger partial charge in [0.15, 0.2) is 7.83 Å². The molecule has 0 amide bonds. The van der Waals surface area contributed by atoms with Gasteiger partial charge in [-0.2, -0.15) is 0 Å². The highest BCUT2D eigenvalue weighted by Crippen LogP contribution is 2.52. The van der Waals surface area contributed by atoms with Crippen LogP contribution < -0.4 is 0 Å². The van der Waals surface area contributed by atoms with Crippen LogP contribution in [0.25, 0.3) is 0 Å². The van der Waals surface area contributed by atoms with Crippen LogP contribution in [0.2, 0.25) is 44.8 Å². The van der Waals surface area contributed by atoms with Crippen LogP contribution in [0, 0.1) is 5.41 Å². The van der Waals surface area contributed by atoms with Gasteiger partial charge in [-0.25, -0.2) is 0 Å². The SMILES string of the molecule is CC1O[Si](C)(C)[Si](C)(C)[Si](C)(C)C1C(C)(C)C. The molecule has 1 heterocycles. The Balaban J connectivity index is 3.30. The molecule has 17 heavy (non-hydrogen) atoms. The molecule has 0 spiro atoms. The molecule has 4 heteroatoms. The molecule has 1 saturated heterocycles. The highest BCUT2D eigenvalue weighted by molar-refractivity contribution is 7.68. The van der Waals surface area contributed by atoms with Crippen molar-refractivity contribution in [1.82, 2.24) is 0 Å². The van der Waals surface area contributed by atoms with E-state index in [1.807, 2.05) is 0 Å². The van der Waals surface area contributed by atoms with Crippen LogP contribution in [-0.4, -0.2) is 28.6 Å². The Hall–Kier alpha value is 0.611. The van der Waals surface area contributed by atoms with Crippen molar-refractivity contribution >= 4 is 22.5 Å². The summed E-state index contributed by atoms with van der Waals surface area (Å²) in [5.74, 6) is 0. The number of hydrogen-bond donors (Lipinski definition) is 0. The van der Waals surface area contributed by atoms with Crippen LogP contribution in [0.4, 0.5) is 0 Å². The van der Waals surface area contributed by atoms with E-state index in [4.69, 9.17) is 4.43 Å². The smallest absolute Gasteiger partial charge is 0.171 e. The monoisotopic (exact) mass is 288 g/mol. The van der Waals surface area contributed by atoms with Crippen LogP contribution in [-0.2, 0) is 4.43 Å². The summed E-state index contributed by atoms with van der Waals surface area (Å²) in [7, 11) is -3.85. The van der Waals surface area contributed by atoms with Crippen molar-refractivity contribution in [2.45, 2.75) is 78.6 Å². The Morgan fingerprint density at radius 3 is 1.65 bits per heavy atom. The maximum atomic E-state index is 6.60. The molecule has 0 saturated carbocycles. The molecular weight excluding hydrogens is 256 g/mol. The van der Waals surface area contributed by atoms with E-state index in [1.165, 1.54) is 0 Å². The predicted molar refractivity (Wildman–Crippen MR) is 86.2 cm³/mol. The van der Waals surface area contributed by atoms with Gasteiger partial charge in [0.2, 0.25) is 0 Å². The van der Waals surface area contributed by atoms with E-state index in [9.17, 15) is 0 Å². The lowest BCUT2D eigenvalue weighted by molar-refractivity contribution is 0.150. The van der Waals surface area contributed by atoms with Crippen LogP contribution in [0.5, 0.6) is 0 Å². The van der Waals surface area contributed by atoms with Gasteiger partial charge in [0.05, 0.1) is 7.11 Å². The van der Waals surface area contributed by atoms with Gasteiger partial charge < -0.3 is 4.43 Å². The average Bonchev–Trinajstić information content (AvgIpc) is 1.95. The lowest BCUT2D eigenvalue weighted by atomic mass is 9.89. The largest absolute Gasteiger partial charge is 0.418 e. The summed E-state index contributed by atoms with van der Waals surface area (Å²) in [5.41, 5.74) is 1.20. The van der Waals surface area contributed by atoms with E-state index >= 15 is 0 Å². The van der Waals surface area contributed by atoms with Gasteiger partial charge in [0.1, 0.15) is 0 Å². The standard InChI is InChI=1S/C13H32OSi3/c1-11-12(13(2,3)4)15(5,6)17(9,10)16(7,8)14-11/h11-12H,1-10H3. The molecule has 102 valence electrons. The first-order chi connectivity index (χ1) is 7.25. The van der Waals surface area contributed by atoms with Gasteiger partial charge in [-0.3, -0.25) is 0 Å². The second-order valence-corrected chi connectivity index (χ2v) is 35.6. The quantitative estimate of drug-likeness (QED) is 0.592. The fraction of sp³-hybridized carbons (Fsp3) is 1.00. The average molecular weight is 289 g/mol. The summed E-state index contributed by atoms with van der Waals surface area (Å²) in [6.45, 7) is 25.1. The molecule has 1 nitrogen and oxygen atoms in total. The zero-order valence-corrected chi connectivity index (χ0v) is 16.6. The molecule has 0 aromatic heterocycles. The second kappa shape index (κ2) is 4.05. The summed E-state index contributed by atoms with van der Waals surface area (Å²) in [5, 5.41) is 0. The van der Waals surface area contributed by atoms with Gasteiger partial charge in [-0.05, 0) is 31.0 Å². The topological polar surface area (TPSA) is 9.23 Å². The number of hydrogen-bond acceptors (Lipinski definition) is 1. The molecule has 2 unspecified atom stereocenters. The molecule has 0 aliphatic carbocycles. The first-order valence-corrected chi connectivity index (χ1v) is 17.9. The third-order valence-corrected chi connectivity index (χ3v) is 47.1. The van der Waals surface area contributed by atoms with Crippen molar-refractivity contribution in [3.63, 3.8) is 0 Å². The van der Waals surface area contributed by atoms with Gasteiger partial charge >= 0.3 is 0 Å². The van der Waals surface area contributed by atoms with E-state index in [-0.39, 0.29) is 0 Å². The molecular formula is C13H32OSi3. The first kappa shape index (κ1) is 15.7. The van der Waals surface area contributed by atoms with Crippen LogP contribution in [0.1, 0.15) is 27.7 Å². The van der Waals surface area contributed by atoms with E-state index in [0.29, 0.717) is 11.5 Å². The lowest BCUT2D eigenvalue weighted by Gasteiger charge is -2.61. The van der Waals surface area contributed by atoms with Crippen molar-refractivity contribution in [3.05, 3.63) is 0 Å². The minimum Gasteiger partial charge on any atom is -0.418 e. The fourth-order valence-electron chi connectivity index (χ4n) is 4.22. The Labute approximate surface area is 111 Å². The number of rotatable bonds is 0. The Morgan fingerprint density at radius 2 is 1.29 bits per heavy atom. The summed E-state index contributed by atoms with van der Waals surface area (Å²) >= 11 is 0. The molecule has 0 N–H and O–H groups in total. The maximum absolute atomic E-state index is 6.60. The second-order valence-electron chi connectivity index (χ2n) is 8.52. The van der Waals surface area contributed by atoms with Crippen LogP contribution >= 0.6 is 0 Å². The predicted octanol–water partition coefficient (Wildman–Crippen LogP) is 4.60. The Bertz CT molecular complexity index is 302. The normalized spacial score (nSPS) is 35.6. The third kappa shape index (κ3) is 2.26. The van der Waals surface area contributed by atoms with Gasteiger partial charge in [0, 0.05) is 13.7 Å². The summed E-state index contributed by atoms with van der Waals surface area (Å²) < 4.78 is 6.60. The van der Waals surface area contributed by atoms with E-state index in [2.05, 4.69) is 67.0 Å². The molecule has 1 aliphatic heterocycles. The summed E-state index contributed by atoms with van der Waals surface area (Å²) in [6, 6.07) is 0. The fourth-order valence-corrected chi connectivity index (χ4v) is 37.8. The molecule has 1 rings (SSSR count). The zero-order chi connectivity index (χ0) is 13.9. The Kier molecular flexibility index (Phi) is 3.73. The van der Waals surface area contributed by atoms with Crippen LogP contribution in [0.3, 0.4) is 0 Å². The third-order valence-electron chi connectivity index (χ3n) is 5.78. The molecule has 0 aromatic carbocycles. The zero-order valence-electron chi connectivity index (χ0n) is 13.6. The van der Waals surface area contributed by atoms with E-state index in [1.54, 1.807) is 0 Å². The van der Waals surface area contributed by atoms with E-state index in [0.717, 1.165) is 5.54 Å². The highest BCUT2D eigenvalue weighted by Gasteiger charge is 2.63. The minimum atomic E-state index is -1.44. The molecule has 2 atom stereocenters. The summed E-state index contributed by atoms with van der Waals surface area (Å²) in [6.07, 6.45) is 0.471. The van der Waals surface area contributed by atoms with Crippen molar-refractivity contribution in [2.75, 3.05) is 0 Å². The molecule has 0 bridgehead atoms. The van der Waals surface area contributed by atoms with Crippen molar-refractivity contribution in [1.29, 1.82) is 0 Å².